The molecule has 0 saturated carbocycles. The average molecular weight is 264 g/mol. The van der Waals surface area contributed by atoms with E-state index >= 15 is 0 Å². The van der Waals surface area contributed by atoms with Crippen molar-refractivity contribution in [1.82, 2.24) is 4.90 Å². The van der Waals surface area contributed by atoms with Crippen molar-refractivity contribution < 1.29 is 4.39 Å². The number of piperidine rings is 1. The van der Waals surface area contributed by atoms with Crippen LogP contribution in [0.5, 0.6) is 0 Å². The van der Waals surface area contributed by atoms with E-state index in [1.165, 1.54) is 18.9 Å². The molecule has 0 aromatic heterocycles. The van der Waals surface area contributed by atoms with Crippen molar-refractivity contribution in [1.29, 1.82) is 0 Å². The average Bonchev–Trinajstić information content (AvgIpc) is 2.40. The molecule has 3 unspecified atom stereocenters. The van der Waals surface area contributed by atoms with E-state index in [9.17, 15) is 4.39 Å². The Morgan fingerprint density at radius 3 is 2.84 bits per heavy atom. The van der Waals surface area contributed by atoms with E-state index in [2.05, 4.69) is 18.7 Å². The van der Waals surface area contributed by atoms with Gasteiger partial charge >= 0.3 is 0 Å². The second-order valence-corrected chi connectivity index (χ2v) is 5.64. The fraction of sp³-hybridized carbons (Fsp3) is 0.625. The first-order chi connectivity index (χ1) is 9.13. The van der Waals surface area contributed by atoms with E-state index in [1.807, 2.05) is 6.07 Å². The van der Waals surface area contributed by atoms with Crippen LogP contribution < -0.4 is 5.73 Å². The zero-order chi connectivity index (χ0) is 13.8. The van der Waals surface area contributed by atoms with Crippen LogP contribution in [0.1, 0.15) is 51.1 Å². The summed E-state index contributed by atoms with van der Waals surface area (Å²) in [6, 6.07) is 7.88. The Labute approximate surface area is 115 Å². The van der Waals surface area contributed by atoms with Gasteiger partial charge in [-0.3, -0.25) is 4.90 Å². The third-order valence-corrected chi connectivity index (χ3v) is 4.22. The molecule has 3 heteroatoms. The van der Waals surface area contributed by atoms with Gasteiger partial charge in [-0.15, -0.1) is 0 Å². The molecular formula is C16H25FN2. The molecule has 2 N–H and O–H groups in total. The monoisotopic (exact) mass is 264 g/mol. The summed E-state index contributed by atoms with van der Waals surface area (Å²) < 4.78 is 13.4. The third kappa shape index (κ3) is 3.34. The highest BCUT2D eigenvalue weighted by molar-refractivity contribution is 5.20. The van der Waals surface area contributed by atoms with Crippen molar-refractivity contribution in [2.75, 3.05) is 6.54 Å². The minimum atomic E-state index is -0.148. The summed E-state index contributed by atoms with van der Waals surface area (Å²) in [5.41, 5.74) is 7.22. The molecule has 106 valence electrons. The van der Waals surface area contributed by atoms with Crippen molar-refractivity contribution >= 4 is 0 Å². The largest absolute Gasteiger partial charge is 0.327 e. The molecule has 1 aromatic carbocycles. The molecule has 0 radical (unpaired) electrons. The maximum absolute atomic E-state index is 13.4. The zero-order valence-electron chi connectivity index (χ0n) is 12.0. The second-order valence-electron chi connectivity index (χ2n) is 5.64. The molecule has 0 spiro atoms. The number of nitrogens with two attached hydrogens (primary N) is 1. The Kier molecular flexibility index (Phi) is 4.94. The van der Waals surface area contributed by atoms with E-state index in [1.54, 1.807) is 12.1 Å². The number of halogens is 1. The second kappa shape index (κ2) is 6.49. The van der Waals surface area contributed by atoms with Crippen LogP contribution in [0, 0.1) is 5.82 Å². The van der Waals surface area contributed by atoms with Gasteiger partial charge in [0.15, 0.2) is 0 Å². The number of hydrogen-bond donors (Lipinski definition) is 1. The van der Waals surface area contributed by atoms with Crippen LogP contribution in [-0.4, -0.2) is 23.5 Å². The molecule has 2 rings (SSSR count). The lowest BCUT2D eigenvalue weighted by Crippen LogP contribution is -2.50. The Morgan fingerprint density at radius 2 is 2.21 bits per heavy atom. The topological polar surface area (TPSA) is 29.3 Å². The zero-order valence-corrected chi connectivity index (χ0v) is 12.0. The molecular weight excluding hydrogens is 239 g/mol. The lowest BCUT2D eigenvalue weighted by atomic mass is 9.92. The third-order valence-electron chi connectivity index (χ3n) is 4.22. The smallest absolute Gasteiger partial charge is 0.123 e. The molecule has 1 saturated heterocycles. The Balaban J connectivity index is 2.24. The van der Waals surface area contributed by atoms with Crippen LogP contribution in [0.25, 0.3) is 0 Å². The maximum atomic E-state index is 13.4. The SMILES string of the molecule is CCC(c1cccc(F)c1)N1CCCCC1C(C)N. The molecule has 0 amide bonds. The van der Waals surface area contributed by atoms with Crippen molar-refractivity contribution in [2.24, 2.45) is 5.73 Å². The molecule has 1 aliphatic rings. The number of nitrogens with zero attached hydrogens (tertiary/aromatic N) is 1. The van der Waals surface area contributed by atoms with E-state index in [-0.39, 0.29) is 17.9 Å². The number of hydrogen-bond acceptors (Lipinski definition) is 2. The van der Waals surface area contributed by atoms with Crippen LogP contribution in [-0.2, 0) is 0 Å². The molecule has 0 bridgehead atoms. The summed E-state index contributed by atoms with van der Waals surface area (Å²) in [4.78, 5) is 2.49. The lowest BCUT2D eigenvalue weighted by molar-refractivity contribution is 0.0782. The molecule has 1 aliphatic heterocycles. The van der Waals surface area contributed by atoms with Gasteiger partial charge in [0.25, 0.3) is 0 Å². The summed E-state index contributed by atoms with van der Waals surface area (Å²) in [6.45, 7) is 5.32. The normalized spacial score (nSPS) is 24.1. The number of rotatable bonds is 4. The van der Waals surface area contributed by atoms with Crippen molar-refractivity contribution in [3.05, 3.63) is 35.6 Å². The van der Waals surface area contributed by atoms with Crippen molar-refractivity contribution in [3.8, 4) is 0 Å². The number of likely N-dealkylation sites (tertiary alicyclic amines) is 1. The van der Waals surface area contributed by atoms with E-state index in [0.29, 0.717) is 6.04 Å². The molecule has 19 heavy (non-hydrogen) atoms. The van der Waals surface area contributed by atoms with E-state index < -0.39 is 0 Å². The van der Waals surface area contributed by atoms with Crippen LogP contribution in [0.3, 0.4) is 0 Å². The molecule has 1 heterocycles. The van der Waals surface area contributed by atoms with Gasteiger partial charge in [-0.25, -0.2) is 4.39 Å². The van der Waals surface area contributed by atoms with Gasteiger partial charge in [-0.05, 0) is 50.4 Å². The molecule has 1 fully saturated rings. The molecule has 1 aromatic rings. The van der Waals surface area contributed by atoms with E-state index in [4.69, 9.17) is 5.73 Å². The summed E-state index contributed by atoms with van der Waals surface area (Å²) in [6.07, 6.45) is 4.62. The maximum Gasteiger partial charge on any atom is 0.123 e. The lowest BCUT2D eigenvalue weighted by Gasteiger charge is -2.43. The highest BCUT2D eigenvalue weighted by Gasteiger charge is 2.30. The first-order valence-corrected chi connectivity index (χ1v) is 7.40. The predicted molar refractivity (Wildman–Crippen MR) is 77.4 cm³/mol. The predicted octanol–water partition coefficient (Wildman–Crippen LogP) is 3.48. The Hall–Kier alpha value is -0.930. The number of benzene rings is 1. The fourth-order valence-electron chi connectivity index (χ4n) is 3.31. The highest BCUT2D eigenvalue weighted by atomic mass is 19.1. The summed E-state index contributed by atoms with van der Waals surface area (Å²) in [5, 5.41) is 0. The van der Waals surface area contributed by atoms with Crippen molar-refractivity contribution in [2.45, 2.75) is 57.7 Å². The van der Waals surface area contributed by atoms with Crippen LogP contribution in [0.4, 0.5) is 4.39 Å². The van der Waals surface area contributed by atoms with Crippen molar-refractivity contribution in [3.63, 3.8) is 0 Å². The van der Waals surface area contributed by atoms with Gasteiger partial charge in [0.1, 0.15) is 5.82 Å². The molecule has 3 atom stereocenters. The first kappa shape index (κ1) is 14.5. The summed E-state index contributed by atoms with van der Waals surface area (Å²) >= 11 is 0. The van der Waals surface area contributed by atoms with Gasteiger partial charge < -0.3 is 5.73 Å². The van der Waals surface area contributed by atoms with Gasteiger partial charge in [0.05, 0.1) is 0 Å². The first-order valence-electron chi connectivity index (χ1n) is 7.40. The van der Waals surface area contributed by atoms with E-state index in [0.717, 1.165) is 24.9 Å². The van der Waals surface area contributed by atoms with Gasteiger partial charge in [0, 0.05) is 18.1 Å². The summed E-state index contributed by atoms with van der Waals surface area (Å²) in [5.74, 6) is -0.148. The fourth-order valence-corrected chi connectivity index (χ4v) is 3.31. The van der Waals surface area contributed by atoms with Gasteiger partial charge in [0.2, 0.25) is 0 Å². The quantitative estimate of drug-likeness (QED) is 0.902. The highest BCUT2D eigenvalue weighted by Crippen LogP contribution is 2.32. The van der Waals surface area contributed by atoms with Crippen LogP contribution in [0.2, 0.25) is 0 Å². The summed E-state index contributed by atoms with van der Waals surface area (Å²) in [7, 11) is 0. The minimum Gasteiger partial charge on any atom is -0.327 e. The standard InChI is InChI=1S/C16H25FN2/c1-3-15(13-7-6-8-14(17)11-13)19-10-5-4-9-16(19)12(2)18/h6-8,11-12,15-16H,3-5,9-10,18H2,1-2H3. The van der Waals surface area contributed by atoms with Gasteiger partial charge in [-0.1, -0.05) is 25.5 Å². The Bertz CT molecular complexity index is 405. The molecule has 2 nitrogen and oxygen atoms in total. The van der Waals surface area contributed by atoms with Crippen LogP contribution >= 0.6 is 0 Å². The van der Waals surface area contributed by atoms with Gasteiger partial charge in [-0.2, -0.15) is 0 Å². The molecule has 0 aliphatic carbocycles. The Morgan fingerprint density at radius 1 is 1.42 bits per heavy atom. The minimum absolute atomic E-state index is 0.148. The van der Waals surface area contributed by atoms with Crippen LogP contribution in [0.15, 0.2) is 24.3 Å².